The van der Waals surface area contributed by atoms with E-state index in [1.54, 1.807) is 6.33 Å². The third kappa shape index (κ3) is 4.19. The minimum absolute atomic E-state index is 0.328. The fourth-order valence-corrected chi connectivity index (χ4v) is 2.77. The Kier molecular flexibility index (Phi) is 5.07. The van der Waals surface area contributed by atoms with E-state index < -0.39 is 0 Å². The second-order valence-electron chi connectivity index (χ2n) is 5.83. The largest absolute Gasteiger partial charge is 0.379 e. The van der Waals surface area contributed by atoms with Crippen molar-refractivity contribution in [1.82, 2.24) is 15.1 Å². The first-order valence-corrected chi connectivity index (χ1v) is 8.04. The standard InChI is InChI=1S/C16H23N5O2/c1-11-14(12(2)23-21-11)5-6-17-15-8-16(19-10-18-15)20-13-4-3-7-22-9-13/h8,10,13H,3-7,9H2,1-2H3,(H2,17,18,19,20)/t13-/m0/s1. The average molecular weight is 317 g/mol. The summed E-state index contributed by atoms with van der Waals surface area (Å²) in [4.78, 5) is 8.54. The topological polar surface area (TPSA) is 85.1 Å². The molecule has 3 heterocycles. The minimum Gasteiger partial charge on any atom is -0.379 e. The lowest BCUT2D eigenvalue weighted by atomic mass is 10.1. The molecule has 2 N–H and O–H groups in total. The van der Waals surface area contributed by atoms with E-state index in [0.717, 1.165) is 67.7 Å². The highest BCUT2D eigenvalue weighted by Gasteiger charge is 2.14. The second kappa shape index (κ2) is 7.41. The molecule has 1 fully saturated rings. The quantitative estimate of drug-likeness (QED) is 0.845. The highest BCUT2D eigenvalue weighted by Crippen LogP contribution is 2.16. The molecule has 0 bridgehead atoms. The zero-order valence-electron chi connectivity index (χ0n) is 13.6. The summed E-state index contributed by atoms with van der Waals surface area (Å²) >= 11 is 0. The van der Waals surface area contributed by atoms with Gasteiger partial charge in [0.15, 0.2) is 0 Å². The van der Waals surface area contributed by atoms with Crippen LogP contribution in [-0.4, -0.2) is 40.9 Å². The summed E-state index contributed by atoms with van der Waals surface area (Å²) in [6.07, 6.45) is 4.62. The van der Waals surface area contributed by atoms with Crippen molar-refractivity contribution >= 4 is 11.6 Å². The zero-order valence-corrected chi connectivity index (χ0v) is 13.6. The van der Waals surface area contributed by atoms with E-state index in [-0.39, 0.29) is 0 Å². The fraction of sp³-hybridized carbons (Fsp3) is 0.562. The van der Waals surface area contributed by atoms with Crippen molar-refractivity contribution in [3.63, 3.8) is 0 Å². The maximum absolute atomic E-state index is 5.48. The van der Waals surface area contributed by atoms with Gasteiger partial charge in [-0.25, -0.2) is 9.97 Å². The van der Waals surface area contributed by atoms with Crippen molar-refractivity contribution in [3.8, 4) is 0 Å². The average Bonchev–Trinajstić information content (AvgIpc) is 2.88. The van der Waals surface area contributed by atoms with Crippen LogP contribution in [0.2, 0.25) is 0 Å². The van der Waals surface area contributed by atoms with E-state index in [4.69, 9.17) is 9.26 Å². The molecule has 0 amide bonds. The Morgan fingerprint density at radius 3 is 2.87 bits per heavy atom. The van der Waals surface area contributed by atoms with Gasteiger partial charge in [0.05, 0.1) is 18.3 Å². The predicted molar refractivity (Wildman–Crippen MR) is 87.7 cm³/mol. The lowest BCUT2D eigenvalue weighted by Gasteiger charge is -2.23. The third-order valence-corrected chi connectivity index (χ3v) is 4.04. The second-order valence-corrected chi connectivity index (χ2v) is 5.83. The fourth-order valence-electron chi connectivity index (χ4n) is 2.77. The van der Waals surface area contributed by atoms with Gasteiger partial charge in [-0.15, -0.1) is 0 Å². The number of anilines is 2. The van der Waals surface area contributed by atoms with E-state index in [2.05, 4.69) is 25.8 Å². The summed E-state index contributed by atoms with van der Waals surface area (Å²) < 4.78 is 10.7. The number of hydrogen-bond acceptors (Lipinski definition) is 7. The smallest absolute Gasteiger partial charge is 0.137 e. The molecule has 0 spiro atoms. The van der Waals surface area contributed by atoms with E-state index >= 15 is 0 Å². The van der Waals surface area contributed by atoms with Gasteiger partial charge in [0.1, 0.15) is 23.7 Å². The summed E-state index contributed by atoms with van der Waals surface area (Å²) in [7, 11) is 0. The van der Waals surface area contributed by atoms with Crippen molar-refractivity contribution in [3.05, 3.63) is 29.4 Å². The van der Waals surface area contributed by atoms with Crippen LogP contribution in [0.25, 0.3) is 0 Å². The van der Waals surface area contributed by atoms with Gasteiger partial charge in [0.25, 0.3) is 0 Å². The first-order valence-electron chi connectivity index (χ1n) is 8.04. The van der Waals surface area contributed by atoms with Gasteiger partial charge in [0, 0.05) is 24.8 Å². The molecule has 7 nitrogen and oxygen atoms in total. The van der Waals surface area contributed by atoms with Crippen LogP contribution < -0.4 is 10.6 Å². The Hall–Kier alpha value is -2.15. The Bertz CT molecular complexity index is 618. The number of aryl methyl sites for hydroxylation is 2. The van der Waals surface area contributed by atoms with E-state index in [9.17, 15) is 0 Å². The summed E-state index contributed by atoms with van der Waals surface area (Å²) in [5, 5.41) is 10.7. The number of ether oxygens (including phenoxy) is 1. The lowest BCUT2D eigenvalue weighted by molar-refractivity contribution is 0.0875. The van der Waals surface area contributed by atoms with Crippen molar-refractivity contribution < 1.29 is 9.26 Å². The molecule has 0 unspecified atom stereocenters. The van der Waals surface area contributed by atoms with Gasteiger partial charge in [0.2, 0.25) is 0 Å². The highest BCUT2D eigenvalue weighted by molar-refractivity contribution is 5.47. The summed E-state index contributed by atoms with van der Waals surface area (Å²) in [5.74, 6) is 2.52. The molecule has 1 aliphatic heterocycles. The predicted octanol–water partition coefficient (Wildman–Crippen LogP) is 2.33. The monoisotopic (exact) mass is 317 g/mol. The number of nitrogens with one attached hydrogen (secondary N) is 2. The molecule has 1 saturated heterocycles. The molecule has 23 heavy (non-hydrogen) atoms. The Morgan fingerprint density at radius 1 is 1.26 bits per heavy atom. The number of rotatable bonds is 6. The summed E-state index contributed by atoms with van der Waals surface area (Å²) in [6.45, 7) is 6.26. The first-order chi connectivity index (χ1) is 11.2. The molecule has 0 aliphatic carbocycles. The van der Waals surface area contributed by atoms with Gasteiger partial charge in [-0.05, 0) is 33.1 Å². The normalized spacial score (nSPS) is 17.9. The van der Waals surface area contributed by atoms with Crippen LogP contribution in [-0.2, 0) is 11.2 Å². The van der Waals surface area contributed by atoms with Gasteiger partial charge < -0.3 is 19.9 Å². The highest BCUT2D eigenvalue weighted by atomic mass is 16.5. The lowest BCUT2D eigenvalue weighted by Crippen LogP contribution is -2.30. The van der Waals surface area contributed by atoms with Gasteiger partial charge in [-0.3, -0.25) is 0 Å². The Labute approximate surface area is 135 Å². The van der Waals surface area contributed by atoms with Crippen LogP contribution in [0.15, 0.2) is 16.9 Å². The molecular weight excluding hydrogens is 294 g/mol. The Morgan fingerprint density at radius 2 is 2.13 bits per heavy atom. The van der Waals surface area contributed by atoms with Crippen LogP contribution in [0, 0.1) is 13.8 Å². The van der Waals surface area contributed by atoms with Gasteiger partial charge >= 0.3 is 0 Å². The van der Waals surface area contributed by atoms with E-state index in [1.165, 1.54) is 0 Å². The number of nitrogens with zero attached hydrogens (tertiary/aromatic N) is 3. The van der Waals surface area contributed by atoms with Crippen LogP contribution in [0.1, 0.15) is 29.9 Å². The van der Waals surface area contributed by atoms with Gasteiger partial charge in [-0.1, -0.05) is 5.16 Å². The molecular formula is C16H23N5O2. The van der Waals surface area contributed by atoms with Crippen LogP contribution in [0.3, 0.4) is 0 Å². The first kappa shape index (κ1) is 15.7. The molecule has 3 rings (SSSR count). The molecule has 0 radical (unpaired) electrons. The van der Waals surface area contributed by atoms with Gasteiger partial charge in [-0.2, -0.15) is 0 Å². The van der Waals surface area contributed by atoms with Crippen molar-refractivity contribution in [1.29, 1.82) is 0 Å². The number of hydrogen-bond donors (Lipinski definition) is 2. The maximum Gasteiger partial charge on any atom is 0.137 e. The molecule has 2 aromatic rings. The molecule has 1 atom stereocenters. The third-order valence-electron chi connectivity index (χ3n) is 4.04. The van der Waals surface area contributed by atoms with Crippen LogP contribution in [0.5, 0.6) is 0 Å². The van der Waals surface area contributed by atoms with Crippen molar-refractivity contribution in [2.45, 2.75) is 39.2 Å². The van der Waals surface area contributed by atoms with Crippen molar-refractivity contribution in [2.24, 2.45) is 0 Å². The minimum atomic E-state index is 0.328. The van der Waals surface area contributed by atoms with Crippen molar-refractivity contribution in [2.75, 3.05) is 30.4 Å². The molecule has 124 valence electrons. The molecule has 0 aromatic carbocycles. The Balaban J connectivity index is 1.53. The SMILES string of the molecule is Cc1noc(C)c1CCNc1cc(N[C@H]2CCCOC2)ncn1. The maximum atomic E-state index is 5.48. The van der Waals surface area contributed by atoms with Crippen LogP contribution >= 0.6 is 0 Å². The number of aromatic nitrogens is 3. The zero-order chi connectivity index (χ0) is 16.1. The molecule has 2 aromatic heterocycles. The summed E-state index contributed by atoms with van der Waals surface area (Å²) in [6, 6.07) is 2.26. The molecule has 7 heteroatoms. The van der Waals surface area contributed by atoms with E-state index in [1.807, 2.05) is 19.9 Å². The molecule has 0 saturated carbocycles. The summed E-state index contributed by atoms with van der Waals surface area (Å²) in [5.41, 5.74) is 2.11. The molecule has 1 aliphatic rings. The van der Waals surface area contributed by atoms with E-state index in [0.29, 0.717) is 6.04 Å². The van der Waals surface area contributed by atoms with Crippen LogP contribution in [0.4, 0.5) is 11.6 Å².